The van der Waals surface area contributed by atoms with E-state index >= 15 is 0 Å². The standard InChI is InChI=1S/C14H21NO4/c1-9-7-15(8-10(2)18-9)11(3)12-5-6-13(19-12)14(16)17-4/h5-6,9-11H,7-8H2,1-4H3. The number of esters is 1. The molecule has 1 fully saturated rings. The van der Waals surface area contributed by atoms with Crippen LogP contribution in [0.3, 0.4) is 0 Å². The van der Waals surface area contributed by atoms with Crippen LogP contribution in [-0.4, -0.2) is 43.3 Å². The molecule has 0 radical (unpaired) electrons. The van der Waals surface area contributed by atoms with Crippen molar-refractivity contribution in [2.75, 3.05) is 20.2 Å². The van der Waals surface area contributed by atoms with Crippen molar-refractivity contribution in [2.24, 2.45) is 0 Å². The fourth-order valence-corrected chi connectivity index (χ4v) is 2.50. The molecule has 1 aromatic rings. The van der Waals surface area contributed by atoms with Crippen molar-refractivity contribution < 1.29 is 18.7 Å². The second-order valence-electron chi connectivity index (χ2n) is 5.08. The molecule has 3 unspecified atom stereocenters. The van der Waals surface area contributed by atoms with Gasteiger partial charge in [-0.3, -0.25) is 4.90 Å². The van der Waals surface area contributed by atoms with Crippen LogP contribution in [0.2, 0.25) is 0 Å². The highest BCUT2D eigenvalue weighted by atomic mass is 16.5. The molecule has 1 aromatic heterocycles. The summed E-state index contributed by atoms with van der Waals surface area (Å²) in [5.74, 6) is 0.586. The van der Waals surface area contributed by atoms with Crippen molar-refractivity contribution in [2.45, 2.75) is 39.0 Å². The van der Waals surface area contributed by atoms with E-state index in [2.05, 4.69) is 30.4 Å². The molecule has 2 heterocycles. The Balaban J connectivity index is 2.08. The molecule has 0 N–H and O–H groups in total. The highest BCUT2D eigenvalue weighted by Crippen LogP contribution is 2.26. The van der Waals surface area contributed by atoms with Crippen molar-refractivity contribution >= 4 is 5.97 Å². The van der Waals surface area contributed by atoms with E-state index in [4.69, 9.17) is 9.15 Å². The molecule has 5 heteroatoms. The second kappa shape index (κ2) is 5.75. The van der Waals surface area contributed by atoms with Gasteiger partial charge in [0.15, 0.2) is 0 Å². The number of ether oxygens (including phenoxy) is 2. The van der Waals surface area contributed by atoms with Crippen LogP contribution in [-0.2, 0) is 9.47 Å². The number of nitrogens with zero attached hydrogens (tertiary/aromatic N) is 1. The lowest BCUT2D eigenvalue weighted by Crippen LogP contribution is -2.46. The normalized spacial score (nSPS) is 26.1. The number of furan rings is 1. The van der Waals surface area contributed by atoms with Crippen LogP contribution < -0.4 is 0 Å². The number of carbonyl (C=O) groups is 1. The van der Waals surface area contributed by atoms with Gasteiger partial charge in [-0.2, -0.15) is 0 Å². The van der Waals surface area contributed by atoms with Gasteiger partial charge in [0.1, 0.15) is 5.76 Å². The highest BCUT2D eigenvalue weighted by Gasteiger charge is 2.28. The van der Waals surface area contributed by atoms with Gasteiger partial charge < -0.3 is 13.9 Å². The Morgan fingerprint density at radius 1 is 1.37 bits per heavy atom. The number of morpholine rings is 1. The lowest BCUT2D eigenvalue weighted by Gasteiger charge is -2.38. The van der Waals surface area contributed by atoms with Crippen LogP contribution in [0.15, 0.2) is 16.5 Å². The fraction of sp³-hybridized carbons (Fsp3) is 0.643. The summed E-state index contributed by atoms with van der Waals surface area (Å²) >= 11 is 0. The molecule has 0 aromatic carbocycles. The number of hydrogen-bond donors (Lipinski definition) is 0. The Morgan fingerprint density at radius 2 is 2.00 bits per heavy atom. The average Bonchev–Trinajstić information content (AvgIpc) is 2.85. The van der Waals surface area contributed by atoms with Gasteiger partial charge in [0.25, 0.3) is 0 Å². The average molecular weight is 267 g/mol. The van der Waals surface area contributed by atoms with Gasteiger partial charge in [-0.25, -0.2) is 4.79 Å². The molecule has 1 aliphatic heterocycles. The molecule has 19 heavy (non-hydrogen) atoms. The molecule has 1 saturated heterocycles. The summed E-state index contributed by atoms with van der Waals surface area (Å²) < 4.78 is 15.9. The Morgan fingerprint density at radius 3 is 2.58 bits per heavy atom. The Labute approximate surface area is 113 Å². The van der Waals surface area contributed by atoms with Crippen molar-refractivity contribution in [1.29, 1.82) is 0 Å². The van der Waals surface area contributed by atoms with Gasteiger partial charge in [-0.1, -0.05) is 0 Å². The minimum Gasteiger partial charge on any atom is -0.463 e. The summed E-state index contributed by atoms with van der Waals surface area (Å²) in [5.41, 5.74) is 0. The third kappa shape index (κ3) is 3.16. The number of methoxy groups -OCH3 is 1. The maximum absolute atomic E-state index is 11.4. The number of hydrogen-bond acceptors (Lipinski definition) is 5. The number of carbonyl (C=O) groups excluding carboxylic acids is 1. The molecule has 106 valence electrons. The Bertz CT molecular complexity index is 432. The van der Waals surface area contributed by atoms with Gasteiger partial charge >= 0.3 is 5.97 Å². The predicted octanol–water partition coefficient (Wildman–Crippen LogP) is 2.24. The van der Waals surface area contributed by atoms with Gasteiger partial charge in [-0.05, 0) is 32.9 Å². The summed E-state index contributed by atoms with van der Waals surface area (Å²) in [6, 6.07) is 3.61. The zero-order chi connectivity index (χ0) is 14.0. The zero-order valence-corrected chi connectivity index (χ0v) is 11.9. The van der Waals surface area contributed by atoms with Crippen LogP contribution >= 0.6 is 0 Å². The first-order chi connectivity index (χ1) is 9.01. The molecular formula is C14H21NO4. The molecule has 1 aliphatic rings. The van der Waals surface area contributed by atoms with Gasteiger partial charge in [0.05, 0.1) is 25.4 Å². The predicted molar refractivity (Wildman–Crippen MR) is 70.0 cm³/mol. The van der Waals surface area contributed by atoms with Crippen molar-refractivity contribution in [3.05, 3.63) is 23.7 Å². The molecule has 2 rings (SSSR count). The smallest absolute Gasteiger partial charge is 0.373 e. The van der Waals surface area contributed by atoms with Crippen LogP contribution in [0.25, 0.3) is 0 Å². The fourth-order valence-electron chi connectivity index (χ4n) is 2.50. The van der Waals surface area contributed by atoms with Crippen LogP contribution in [0.4, 0.5) is 0 Å². The molecule has 0 aliphatic carbocycles. The first kappa shape index (κ1) is 14.1. The molecule has 5 nitrogen and oxygen atoms in total. The maximum atomic E-state index is 11.4. The Hall–Kier alpha value is -1.33. The first-order valence-corrected chi connectivity index (χ1v) is 6.58. The van der Waals surface area contributed by atoms with Gasteiger partial charge in [0, 0.05) is 13.1 Å². The highest BCUT2D eigenvalue weighted by molar-refractivity contribution is 5.86. The molecule has 3 atom stereocenters. The molecule has 0 amide bonds. The Kier molecular flexibility index (Phi) is 4.27. The van der Waals surface area contributed by atoms with E-state index in [0.29, 0.717) is 0 Å². The maximum Gasteiger partial charge on any atom is 0.373 e. The monoisotopic (exact) mass is 267 g/mol. The third-order valence-corrected chi connectivity index (χ3v) is 3.42. The van der Waals surface area contributed by atoms with Crippen LogP contribution in [0, 0.1) is 0 Å². The minimum atomic E-state index is -0.442. The van der Waals surface area contributed by atoms with Crippen LogP contribution in [0.1, 0.15) is 43.1 Å². The van der Waals surface area contributed by atoms with E-state index in [1.54, 1.807) is 6.07 Å². The van der Waals surface area contributed by atoms with Crippen molar-refractivity contribution in [3.8, 4) is 0 Å². The summed E-state index contributed by atoms with van der Waals surface area (Å²) in [4.78, 5) is 13.7. The molecule has 0 bridgehead atoms. The minimum absolute atomic E-state index is 0.118. The summed E-state index contributed by atoms with van der Waals surface area (Å²) in [7, 11) is 1.35. The van der Waals surface area contributed by atoms with E-state index < -0.39 is 5.97 Å². The molecule has 0 saturated carbocycles. The SMILES string of the molecule is COC(=O)c1ccc(C(C)N2CC(C)OC(C)C2)o1. The number of rotatable bonds is 3. The van der Waals surface area contributed by atoms with Crippen LogP contribution in [0.5, 0.6) is 0 Å². The topological polar surface area (TPSA) is 51.9 Å². The zero-order valence-electron chi connectivity index (χ0n) is 11.9. The molecular weight excluding hydrogens is 246 g/mol. The van der Waals surface area contributed by atoms with Crippen molar-refractivity contribution in [3.63, 3.8) is 0 Å². The van der Waals surface area contributed by atoms with Gasteiger partial charge in [-0.15, -0.1) is 0 Å². The quantitative estimate of drug-likeness (QED) is 0.786. The van der Waals surface area contributed by atoms with E-state index in [9.17, 15) is 4.79 Å². The van der Waals surface area contributed by atoms with E-state index in [0.717, 1.165) is 18.8 Å². The van der Waals surface area contributed by atoms with Gasteiger partial charge in [0.2, 0.25) is 5.76 Å². The second-order valence-corrected chi connectivity index (χ2v) is 5.08. The summed E-state index contributed by atoms with van der Waals surface area (Å²) in [6.45, 7) is 7.93. The third-order valence-electron chi connectivity index (χ3n) is 3.42. The van der Waals surface area contributed by atoms with E-state index in [1.165, 1.54) is 7.11 Å². The van der Waals surface area contributed by atoms with E-state index in [1.807, 2.05) is 6.07 Å². The largest absolute Gasteiger partial charge is 0.463 e. The summed E-state index contributed by atoms with van der Waals surface area (Å²) in [5, 5.41) is 0. The van der Waals surface area contributed by atoms with E-state index in [-0.39, 0.29) is 24.0 Å². The molecule has 0 spiro atoms. The first-order valence-electron chi connectivity index (χ1n) is 6.58. The van der Waals surface area contributed by atoms with Crippen molar-refractivity contribution in [1.82, 2.24) is 4.90 Å². The summed E-state index contributed by atoms with van der Waals surface area (Å²) in [6.07, 6.45) is 0.419. The lowest BCUT2D eigenvalue weighted by atomic mass is 10.1. The lowest BCUT2D eigenvalue weighted by molar-refractivity contribution is -0.0809.